The van der Waals surface area contributed by atoms with Crippen LogP contribution >= 0.6 is 0 Å². The molecule has 0 aromatic carbocycles. The Labute approximate surface area is 73.0 Å². The molecule has 1 fully saturated rings. The molecule has 1 rings (SSSR count). The topological polar surface area (TPSA) is 35.5 Å². The molecule has 70 valence electrons. The summed E-state index contributed by atoms with van der Waals surface area (Å²) in [5, 5.41) is 0. The van der Waals surface area contributed by atoms with Crippen molar-refractivity contribution in [1.29, 1.82) is 0 Å². The van der Waals surface area contributed by atoms with Crippen LogP contribution in [0.15, 0.2) is 0 Å². The largest absolute Gasteiger partial charge is 0.466 e. The molecule has 0 amide bonds. The Morgan fingerprint density at radius 3 is 3.08 bits per heavy atom. The predicted molar refractivity (Wildman–Crippen MR) is 44.8 cm³/mol. The van der Waals surface area contributed by atoms with Crippen LogP contribution in [0.3, 0.4) is 0 Å². The average Bonchev–Trinajstić information content (AvgIpc) is 2.57. The molecule has 0 N–H and O–H groups in total. The van der Waals surface area contributed by atoms with Crippen molar-refractivity contribution in [3.05, 3.63) is 0 Å². The van der Waals surface area contributed by atoms with Crippen molar-refractivity contribution in [2.45, 2.75) is 38.7 Å². The summed E-state index contributed by atoms with van der Waals surface area (Å²) in [6, 6.07) is 0. The zero-order valence-electron chi connectivity index (χ0n) is 7.54. The zero-order valence-corrected chi connectivity index (χ0v) is 7.54. The molecule has 1 atom stereocenters. The Kier molecular flexibility index (Phi) is 4.08. The summed E-state index contributed by atoms with van der Waals surface area (Å²) < 4.78 is 10.3. The van der Waals surface area contributed by atoms with E-state index >= 15 is 0 Å². The molecule has 3 heteroatoms. The predicted octanol–water partition coefficient (Wildman–Crippen LogP) is 1.51. The summed E-state index contributed by atoms with van der Waals surface area (Å²) in [6.07, 6.45) is 3.91. The summed E-state index contributed by atoms with van der Waals surface area (Å²) in [5.41, 5.74) is 0. The lowest BCUT2D eigenvalue weighted by Gasteiger charge is -2.08. The van der Waals surface area contributed by atoms with Gasteiger partial charge in [-0.1, -0.05) is 6.92 Å². The maximum Gasteiger partial charge on any atom is 0.305 e. The van der Waals surface area contributed by atoms with E-state index in [1.165, 1.54) is 0 Å². The Hall–Kier alpha value is -0.570. The first kappa shape index (κ1) is 9.52. The van der Waals surface area contributed by atoms with Gasteiger partial charge in [-0.2, -0.15) is 0 Å². The molecule has 1 saturated heterocycles. The van der Waals surface area contributed by atoms with Crippen LogP contribution in [0.5, 0.6) is 0 Å². The SMILES string of the molecule is CCC(=O)OCCC1CCCO1. The van der Waals surface area contributed by atoms with Gasteiger partial charge in [-0.05, 0) is 12.8 Å². The van der Waals surface area contributed by atoms with Gasteiger partial charge >= 0.3 is 5.97 Å². The van der Waals surface area contributed by atoms with Crippen LogP contribution in [0.25, 0.3) is 0 Å². The molecule has 1 heterocycles. The van der Waals surface area contributed by atoms with E-state index < -0.39 is 0 Å². The molecule has 0 radical (unpaired) electrons. The molecule has 3 nitrogen and oxygen atoms in total. The first-order valence-corrected chi connectivity index (χ1v) is 4.60. The molecule has 0 saturated carbocycles. The van der Waals surface area contributed by atoms with Gasteiger partial charge in [-0.3, -0.25) is 4.79 Å². The number of ether oxygens (including phenoxy) is 2. The summed E-state index contributed by atoms with van der Waals surface area (Å²) in [6.45, 7) is 3.18. The van der Waals surface area contributed by atoms with E-state index in [1.54, 1.807) is 6.92 Å². The molecule has 0 aliphatic carbocycles. The number of carbonyl (C=O) groups is 1. The van der Waals surface area contributed by atoms with Gasteiger partial charge in [0.2, 0.25) is 0 Å². The van der Waals surface area contributed by atoms with Crippen molar-refractivity contribution in [3.63, 3.8) is 0 Å². The first-order valence-electron chi connectivity index (χ1n) is 4.60. The van der Waals surface area contributed by atoms with E-state index in [1.807, 2.05) is 0 Å². The van der Waals surface area contributed by atoms with Crippen molar-refractivity contribution < 1.29 is 14.3 Å². The first-order chi connectivity index (χ1) is 5.83. The number of carbonyl (C=O) groups excluding carboxylic acids is 1. The summed E-state index contributed by atoms with van der Waals surface area (Å²) in [5.74, 6) is -0.118. The lowest BCUT2D eigenvalue weighted by molar-refractivity contribution is -0.143. The van der Waals surface area contributed by atoms with Crippen LogP contribution in [0.4, 0.5) is 0 Å². The van der Waals surface area contributed by atoms with Crippen LogP contribution in [0.2, 0.25) is 0 Å². The van der Waals surface area contributed by atoms with Gasteiger partial charge in [0.15, 0.2) is 0 Å². The van der Waals surface area contributed by atoms with Crippen LogP contribution < -0.4 is 0 Å². The fourth-order valence-corrected chi connectivity index (χ4v) is 1.28. The highest BCUT2D eigenvalue weighted by Gasteiger charge is 2.15. The van der Waals surface area contributed by atoms with Crippen LogP contribution in [-0.4, -0.2) is 25.3 Å². The van der Waals surface area contributed by atoms with Crippen molar-refractivity contribution in [2.24, 2.45) is 0 Å². The van der Waals surface area contributed by atoms with E-state index in [0.29, 0.717) is 19.1 Å². The third-order valence-corrected chi connectivity index (χ3v) is 2.02. The Bertz CT molecular complexity index is 139. The lowest BCUT2D eigenvalue weighted by atomic mass is 10.2. The molecule has 1 aliphatic heterocycles. The smallest absolute Gasteiger partial charge is 0.305 e. The van der Waals surface area contributed by atoms with Crippen molar-refractivity contribution in [1.82, 2.24) is 0 Å². The van der Waals surface area contributed by atoms with Crippen molar-refractivity contribution in [3.8, 4) is 0 Å². The van der Waals surface area contributed by atoms with E-state index in [4.69, 9.17) is 9.47 Å². The third kappa shape index (κ3) is 3.22. The van der Waals surface area contributed by atoms with Gasteiger partial charge in [0.05, 0.1) is 12.7 Å². The second kappa shape index (κ2) is 5.14. The minimum Gasteiger partial charge on any atom is -0.466 e. The maximum atomic E-state index is 10.7. The number of hydrogen-bond acceptors (Lipinski definition) is 3. The number of esters is 1. The van der Waals surface area contributed by atoms with E-state index in [2.05, 4.69) is 0 Å². The standard InChI is InChI=1S/C9H16O3/c1-2-9(10)12-7-5-8-4-3-6-11-8/h8H,2-7H2,1H3. The quantitative estimate of drug-likeness (QED) is 0.603. The molecule has 0 aromatic heterocycles. The van der Waals surface area contributed by atoms with Gasteiger partial charge < -0.3 is 9.47 Å². The Balaban J connectivity index is 1.97. The summed E-state index contributed by atoms with van der Waals surface area (Å²) in [7, 11) is 0. The van der Waals surface area contributed by atoms with Crippen LogP contribution in [0.1, 0.15) is 32.6 Å². The second-order valence-electron chi connectivity index (χ2n) is 3.00. The Morgan fingerprint density at radius 2 is 2.50 bits per heavy atom. The van der Waals surface area contributed by atoms with Gasteiger partial charge in [-0.15, -0.1) is 0 Å². The highest BCUT2D eigenvalue weighted by atomic mass is 16.5. The maximum absolute atomic E-state index is 10.7. The molecule has 1 aliphatic rings. The van der Waals surface area contributed by atoms with Crippen molar-refractivity contribution >= 4 is 5.97 Å². The highest BCUT2D eigenvalue weighted by Crippen LogP contribution is 2.14. The van der Waals surface area contributed by atoms with Gasteiger partial charge in [-0.25, -0.2) is 0 Å². The van der Waals surface area contributed by atoms with Crippen LogP contribution in [-0.2, 0) is 14.3 Å². The molecule has 1 unspecified atom stereocenters. The fourth-order valence-electron chi connectivity index (χ4n) is 1.28. The molecule has 0 bridgehead atoms. The van der Waals surface area contributed by atoms with E-state index in [0.717, 1.165) is 25.9 Å². The molecular formula is C9H16O3. The van der Waals surface area contributed by atoms with Gasteiger partial charge in [0, 0.05) is 19.4 Å². The average molecular weight is 172 g/mol. The molecular weight excluding hydrogens is 156 g/mol. The summed E-state index contributed by atoms with van der Waals surface area (Å²) >= 11 is 0. The Morgan fingerprint density at radius 1 is 1.67 bits per heavy atom. The third-order valence-electron chi connectivity index (χ3n) is 2.02. The second-order valence-corrected chi connectivity index (χ2v) is 3.00. The molecule has 12 heavy (non-hydrogen) atoms. The normalized spacial score (nSPS) is 22.6. The monoisotopic (exact) mass is 172 g/mol. The molecule has 0 spiro atoms. The van der Waals surface area contributed by atoms with E-state index in [-0.39, 0.29) is 5.97 Å². The highest BCUT2D eigenvalue weighted by molar-refractivity contribution is 5.68. The minimum atomic E-state index is -0.118. The number of rotatable bonds is 4. The van der Waals surface area contributed by atoms with Gasteiger partial charge in [0.25, 0.3) is 0 Å². The lowest BCUT2D eigenvalue weighted by Crippen LogP contribution is -2.11. The van der Waals surface area contributed by atoms with Crippen molar-refractivity contribution in [2.75, 3.05) is 13.2 Å². The fraction of sp³-hybridized carbons (Fsp3) is 0.889. The number of hydrogen-bond donors (Lipinski definition) is 0. The zero-order chi connectivity index (χ0) is 8.81. The summed E-state index contributed by atoms with van der Waals surface area (Å²) in [4.78, 5) is 10.7. The molecule has 0 aromatic rings. The minimum absolute atomic E-state index is 0.118. The van der Waals surface area contributed by atoms with E-state index in [9.17, 15) is 4.79 Å². The van der Waals surface area contributed by atoms with Gasteiger partial charge in [0.1, 0.15) is 0 Å². The van der Waals surface area contributed by atoms with Crippen LogP contribution in [0, 0.1) is 0 Å².